The molecule has 0 saturated carbocycles. The zero-order chi connectivity index (χ0) is 24.4. The van der Waals surface area contributed by atoms with Gasteiger partial charge in [-0.15, -0.1) is 0 Å². The summed E-state index contributed by atoms with van der Waals surface area (Å²) >= 11 is 0. The maximum Gasteiger partial charge on any atom is 0.243 e. The first kappa shape index (κ1) is 26.1. The summed E-state index contributed by atoms with van der Waals surface area (Å²) < 4.78 is 0. The Hall–Kier alpha value is -3.14. The van der Waals surface area contributed by atoms with Crippen molar-refractivity contribution in [3.8, 4) is 0 Å². The van der Waals surface area contributed by atoms with E-state index in [-0.39, 0.29) is 6.42 Å². The van der Waals surface area contributed by atoms with Gasteiger partial charge in [0.25, 0.3) is 0 Å². The van der Waals surface area contributed by atoms with Crippen LogP contribution in [0.2, 0.25) is 0 Å². The van der Waals surface area contributed by atoms with Crippen molar-refractivity contribution in [2.75, 3.05) is 33.7 Å². The van der Waals surface area contributed by atoms with E-state index in [0.29, 0.717) is 13.0 Å². The SMILES string of the molecule is C[C@H](NC(=O)[C@H](Cc1ccccc1)NC(=O)[C@@H](N)CCCCN=C1N(C)CCN1C)C(N)=O. The highest BCUT2D eigenvalue weighted by Crippen LogP contribution is 2.07. The number of primary amides is 1. The molecule has 10 heteroatoms. The molecule has 10 nitrogen and oxygen atoms in total. The van der Waals surface area contributed by atoms with Gasteiger partial charge in [-0.05, 0) is 31.7 Å². The van der Waals surface area contributed by atoms with Crippen molar-refractivity contribution < 1.29 is 14.4 Å². The molecule has 0 radical (unpaired) electrons. The molecule has 1 saturated heterocycles. The van der Waals surface area contributed by atoms with E-state index in [1.54, 1.807) is 0 Å². The first-order valence-corrected chi connectivity index (χ1v) is 11.3. The molecule has 6 N–H and O–H groups in total. The van der Waals surface area contributed by atoms with Crippen molar-refractivity contribution in [3.63, 3.8) is 0 Å². The monoisotopic (exact) mass is 459 g/mol. The van der Waals surface area contributed by atoms with E-state index in [9.17, 15) is 14.4 Å². The molecule has 33 heavy (non-hydrogen) atoms. The van der Waals surface area contributed by atoms with Crippen molar-refractivity contribution >= 4 is 23.7 Å². The van der Waals surface area contributed by atoms with Gasteiger partial charge in [0.05, 0.1) is 6.04 Å². The summed E-state index contributed by atoms with van der Waals surface area (Å²) in [5.41, 5.74) is 12.2. The number of nitrogens with zero attached hydrogens (tertiary/aromatic N) is 3. The Morgan fingerprint density at radius 1 is 1.03 bits per heavy atom. The lowest BCUT2D eigenvalue weighted by atomic mass is 10.0. The van der Waals surface area contributed by atoms with E-state index in [1.165, 1.54) is 6.92 Å². The molecule has 1 aromatic rings. The van der Waals surface area contributed by atoms with Gasteiger partial charge in [-0.2, -0.15) is 0 Å². The van der Waals surface area contributed by atoms with Gasteiger partial charge in [-0.3, -0.25) is 19.4 Å². The quantitative estimate of drug-likeness (QED) is 0.308. The minimum absolute atomic E-state index is 0.273. The fraction of sp³-hybridized carbons (Fsp3) is 0.565. The molecule has 0 bridgehead atoms. The third-order valence-electron chi connectivity index (χ3n) is 5.67. The molecule has 0 aliphatic carbocycles. The molecule has 1 aliphatic rings. The molecule has 0 unspecified atom stereocenters. The van der Waals surface area contributed by atoms with Crippen LogP contribution in [0, 0.1) is 0 Å². The number of benzene rings is 1. The molecule has 182 valence electrons. The molecule has 0 spiro atoms. The normalized spacial score (nSPS) is 16.2. The van der Waals surface area contributed by atoms with Crippen LogP contribution in [0.5, 0.6) is 0 Å². The molecule has 1 fully saturated rings. The summed E-state index contributed by atoms with van der Waals surface area (Å²) in [6, 6.07) is 6.86. The largest absolute Gasteiger partial charge is 0.368 e. The third kappa shape index (κ3) is 8.38. The number of carbonyl (C=O) groups is 3. The number of unbranched alkanes of at least 4 members (excludes halogenated alkanes) is 1. The van der Waals surface area contributed by atoms with Crippen molar-refractivity contribution in [1.29, 1.82) is 0 Å². The number of nitrogens with two attached hydrogens (primary N) is 2. The van der Waals surface area contributed by atoms with Crippen molar-refractivity contribution in [2.45, 2.75) is 50.7 Å². The van der Waals surface area contributed by atoms with Gasteiger partial charge < -0.3 is 31.9 Å². The van der Waals surface area contributed by atoms with E-state index < -0.39 is 35.8 Å². The van der Waals surface area contributed by atoms with Crippen molar-refractivity contribution in [2.24, 2.45) is 16.5 Å². The minimum atomic E-state index is -0.868. The van der Waals surface area contributed by atoms with E-state index >= 15 is 0 Å². The Kier molecular flexibility index (Phi) is 10.1. The number of aliphatic imine (C=N–C) groups is 1. The van der Waals surface area contributed by atoms with Crippen LogP contribution in [-0.4, -0.2) is 85.3 Å². The first-order valence-electron chi connectivity index (χ1n) is 11.3. The Balaban J connectivity index is 1.87. The third-order valence-corrected chi connectivity index (χ3v) is 5.67. The van der Waals surface area contributed by atoms with Gasteiger partial charge in [-0.1, -0.05) is 30.3 Å². The molecule has 0 aromatic heterocycles. The molecule has 2 rings (SSSR count). The number of hydrogen-bond donors (Lipinski definition) is 4. The molecule has 3 atom stereocenters. The number of amides is 3. The maximum atomic E-state index is 12.7. The van der Waals surface area contributed by atoms with Gasteiger partial charge in [-0.25, -0.2) is 0 Å². The van der Waals surface area contributed by atoms with Crippen LogP contribution >= 0.6 is 0 Å². The number of nitrogens with one attached hydrogen (secondary N) is 2. The summed E-state index contributed by atoms with van der Waals surface area (Å²) in [4.78, 5) is 45.6. The topological polar surface area (TPSA) is 146 Å². The van der Waals surface area contributed by atoms with Crippen LogP contribution in [0.25, 0.3) is 0 Å². The highest BCUT2D eigenvalue weighted by Gasteiger charge is 2.26. The zero-order valence-corrected chi connectivity index (χ0v) is 19.8. The second-order valence-electron chi connectivity index (χ2n) is 8.51. The average molecular weight is 460 g/mol. The predicted molar refractivity (Wildman–Crippen MR) is 128 cm³/mol. The lowest BCUT2D eigenvalue weighted by Crippen LogP contribution is -2.55. The van der Waals surface area contributed by atoms with Gasteiger partial charge in [0.1, 0.15) is 12.1 Å². The predicted octanol–water partition coefficient (Wildman–Crippen LogP) is -0.565. The minimum Gasteiger partial charge on any atom is -0.368 e. The Bertz CT molecular complexity index is 819. The summed E-state index contributed by atoms with van der Waals surface area (Å²) in [6.45, 7) is 4.10. The number of rotatable bonds is 12. The Labute approximate surface area is 195 Å². The molecule has 1 heterocycles. The molecule has 3 amide bonds. The molecule has 1 aromatic carbocycles. The smallest absolute Gasteiger partial charge is 0.243 e. The molecule has 1 aliphatic heterocycles. The molecular formula is C23H37N7O3. The molecular weight excluding hydrogens is 422 g/mol. The van der Waals surface area contributed by atoms with Gasteiger partial charge in [0, 0.05) is 40.2 Å². The van der Waals surface area contributed by atoms with Crippen molar-refractivity contribution in [3.05, 3.63) is 35.9 Å². The van der Waals surface area contributed by atoms with Crippen LogP contribution in [0.15, 0.2) is 35.3 Å². The summed E-state index contributed by atoms with van der Waals surface area (Å²) in [7, 11) is 4.05. The van der Waals surface area contributed by atoms with Gasteiger partial charge in [0.15, 0.2) is 5.96 Å². The van der Waals surface area contributed by atoms with E-state index in [1.807, 2.05) is 44.4 Å². The Morgan fingerprint density at radius 2 is 1.67 bits per heavy atom. The first-order chi connectivity index (χ1) is 15.7. The van der Waals surface area contributed by atoms with E-state index in [0.717, 1.165) is 37.5 Å². The zero-order valence-electron chi connectivity index (χ0n) is 19.8. The summed E-state index contributed by atoms with van der Waals surface area (Å²) in [5, 5.41) is 5.28. The number of likely N-dealkylation sites (N-methyl/N-ethyl adjacent to an activating group) is 2. The second kappa shape index (κ2) is 12.8. The number of carbonyl (C=O) groups excluding carboxylic acids is 3. The van der Waals surface area contributed by atoms with Crippen LogP contribution < -0.4 is 22.1 Å². The van der Waals surface area contributed by atoms with Crippen LogP contribution in [0.4, 0.5) is 0 Å². The van der Waals surface area contributed by atoms with Crippen LogP contribution in [0.1, 0.15) is 31.7 Å². The average Bonchev–Trinajstić information content (AvgIpc) is 3.10. The second-order valence-corrected chi connectivity index (χ2v) is 8.51. The van der Waals surface area contributed by atoms with Gasteiger partial charge >= 0.3 is 0 Å². The van der Waals surface area contributed by atoms with Crippen LogP contribution in [-0.2, 0) is 20.8 Å². The lowest BCUT2D eigenvalue weighted by molar-refractivity contribution is -0.131. The summed E-state index contributed by atoms with van der Waals surface area (Å²) in [6.07, 6.45) is 2.32. The summed E-state index contributed by atoms with van der Waals surface area (Å²) in [5.74, 6) is -0.550. The number of hydrogen-bond acceptors (Lipinski definition) is 5. The fourth-order valence-electron chi connectivity index (χ4n) is 3.54. The number of guanidine groups is 1. The van der Waals surface area contributed by atoms with Crippen LogP contribution in [0.3, 0.4) is 0 Å². The van der Waals surface area contributed by atoms with E-state index in [4.69, 9.17) is 11.5 Å². The highest BCUT2D eigenvalue weighted by atomic mass is 16.2. The Morgan fingerprint density at radius 3 is 2.27 bits per heavy atom. The fourth-order valence-corrected chi connectivity index (χ4v) is 3.54. The standard InChI is InChI=1S/C23H37N7O3/c1-16(20(25)31)27-22(33)19(15-17-9-5-4-6-10-17)28-21(32)18(24)11-7-8-12-26-23-29(2)13-14-30(23)3/h4-6,9-10,16,18-19H,7-8,11-15,24H2,1-3H3,(H2,25,31)(H,27,33)(H,28,32)/t16-,18-,19-/m0/s1. The van der Waals surface area contributed by atoms with Crippen molar-refractivity contribution in [1.82, 2.24) is 20.4 Å². The highest BCUT2D eigenvalue weighted by molar-refractivity contribution is 5.92. The maximum absolute atomic E-state index is 12.7. The van der Waals surface area contributed by atoms with Gasteiger partial charge in [0.2, 0.25) is 17.7 Å². The lowest BCUT2D eigenvalue weighted by Gasteiger charge is -2.22. The van der Waals surface area contributed by atoms with E-state index in [2.05, 4.69) is 25.4 Å².